The number of sulfonamides is 1. The van der Waals surface area contributed by atoms with E-state index in [9.17, 15) is 13.2 Å². The van der Waals surface area contributed by atoms with E-state index in [4.69, 9.17) is 5.11 Å². The summed E-state index contributed by atoms with van der Waals surface area (Å²) in [6.07, 6.45) is 0. The van der Waals surface area contributed by atoms with E-state index in [-0.39, 0.29) is 17.0 Å². The number of aromatic carboxylic acids is 1. The van der Waals surface area contributed by atoms with Crippen LogP contribution in [0.4, 0.5) is 0 Å². The lowest BCUT2D eigenvalue weighted by atomic mass is 10.2. The van der Waals surface area contributed by atoms with Crippen LogP contribution >= 0.6 is 15.9 Å². The quantitative estimate of drug-likeness (QED) is 0.818. The van der Waals surface area contributed by atoms with E-state index in [0.717, 1.165) is 6.07 Å². The Morgan fingerprint density at radius 2 is 2.17 bits per heavy atom. The molecule has 0 heterocycles. The first kappa shape index (κ1) is 14.7. The number of nitrogens with one attached hydrogen (secondary N) is 1. The zero-order valence-corrected chi connectivity index (χ0v) is 11.8. The highest BCUT2D eigenvalue weighted by Gasteiger charge is 2.17. The smallest absolute Gasteiger partial charge is 0.336 e. The maximum atomic E-state index is 11.8. The molecule has 0 atom stereocenters. The summed E-state index contributed by atoms with van der Waals surface area (Å²) in [5, 5.41) is 8.90. The number of hydrogen-bond acceptors (Lipinski definition) is 3. The molecule has 1 aromatic carbocycles. The van der Waals surface area contributed by atoms with Gasteiger partial charge >= 0.3 is 5.97 Å². The van der Waals surface area contributed by atoms with Crippen molar-refractivity contribution in [1.82, 2.24) is 4.72 Å². The molecule has 1 rings (SSSR count). The van der Waals surface area contributed by atoms with Gasteiger partial charge in [0.25, 0.3) is 0 Å². The highest BCUT2D eigenvalue weighted by molar-refractivity contribution is 9.10. The minimum Gasteiger partial charge on any atom is -0.478 e. The summed E-state index contributed by atoms with van der Waals surface area (Å²) < 4.78 is 26.2. The van der Waals surface area contributed by atoms with Crippen molar-refractivity contribution in [3.05, 3.63) is 28.2 Å². The lowest BCUT2D eigenvalue weighted by Gasteiger charge is -2.06. The van der Waals surface area contributed by atoms with Crippen LogP contribution in [0.1, 0.15) is 17.3 Å². The van der Waals surface area contributed by atoms with Gasteiger partial charge in [-0.3, -0.25) is 0 Å². The van der Waals surface area contributed by atoms with Gasteiger partial charge in [-0.1, -0.05) is 5.92 Å². The standard InChI is InChI=1S/C11H10BrNO4S/c1-2-3-6-13-18(16,17)8-4-5-10(12)9(7-8)11(14)15/h4-5,7,13H,6H2,1H3,(H,14,15). The van der Waals surface area contributed by atoms with E-state index >= 15 is 0 Å². The first-order chi connectivity index (χ1) is 8.38. The van der Waals surface area contributed by atoms with Crippen LogP contribution < -0.4 is 4.72 Å². The Kier molecular flexibility index (Phi) is 4.90. The lowest BCUT2D eigenvalue weighted by molar-refractivity contribution is 0.0695. The van der Waals surface area contributed by atoms with Gasteiger partial charge in [0, 0.05) is 4.47 Å². The molecule has 1 aromatic rings. The highest BCUT2D eigenvalue weighted by atomic mass is 79.9. The second-order valence-corrected chi connectivity index (χ2v) is 5.82. The fourth-order valence-electron chi connectivity index (χ4n) is 1.14. The maximum absolute atomic E-state index is 11.8. The van der Waals surface area contributed by atoms with Crippen LogP contribution in [-0.4, -0.2) is 26.0 Å². The Bertz CT molecular complexity index is 628. The van der Waals surface area contributed by atoms with Gasteiger partial charge in [0.15, 0.2) is 0 Å². The number of carbonyl (C=O) groups is 1. The van der Waals surface area contributed by atoms with Crippen molar-refractivity contribution < 1.29 is 18.3 Å². The van der Waals surface area contributed by atoms with E-state index in [2.05, 4.69) is 32.5 Å². The molecule has 18 heavy (non-hydrogen) atoms. The summed E-state index contributed by atoms with van der Waals surface area (Å²) in [6.45, 7) is 1.58. The normalized spacial score (nSPS) is 10.6. The molecular formula is C11H10BrNO4S. The van der Waals surface area contributed by atoms with Crippen LogP contribution in [-0.2, 0) is 10.0 Å². The molecule has 0 radical (unpaired) electrons. The Morgan fingerprint density at radius 1 is 1.50 bits per heavy atom. The minimum absolute atomic E-state index is 0.0166. The molecule has 0 aliphatic carbocycles. The Morgan fingerprint density at radius 3 is 2.72 bits per heavy atom. The van der Waals surface area contributed by atoms with Gasteiger partial charge in [-0.05, 0) is 41.1 Å². The molecule has 0 unspecified atom stereocenters. The number of carboxylic acid groups (broad SMARTS) is 1. The monoisotopic (exact) mass is 331 g/mol. The topological polar surface area (TPSA) is 83.5 Å². The molecule has 5 nitrogen and oxygen atoms in total. The van der Waals surface area contributed by atoms with Gasteiger partial charge in [0.05, 0.1) is 17.0 Å². The molecule has 7 heteroatoms. The van der Waals surface area contributed by atoms with Crippen molar-refractivity contribution in [3.8, 4) is 11.8 Å². The molecule has 2 N–H and O–H groups in total. The average Bonchev–Trinajstić information content (AvgIpc) is 2.29. The summed E-state index contributed by atoms with van der Waals surface area (Å²) in [6, 6.07) is 3.79. The summed E-state index contributed by atoms with van der Waals surface area (Å²) in [7, 11) is -3.74. The van der Waals surface area contributed by atoms with Gasteiger partial charge in [0.2, 0.25) is 10.0 Å². The van der Waals surface area contributed by atoms with Crippen molar-refractivity contribution in [1.29, 1.82) is 0 Å². The molecule has 0 spiro atoms. The maximum Gasteiger partial charge on any atom is 0.336 e. The van der Waals surface area contributed by atoms with Crippen LogP contribution in [0.5, 0.6) is 0 Å². The molecule has 0 fully saturated rings. The molecule has 0 saturated carbocycles. The first-order valence-corrected chi connectivity index (χ1v) is 7.08. The zero-order valence-electron chi connectivity index (χ0n) is 9.40. The molecule has 0 saturated heterocycles. The van der Waals surface area contributed by atoms with Gasteiger partial charge < -0.3 is 5.11 Å². The van der Waals surface area contributed by atoms with Crippen molar-refractivity contribution in [2.45, 2.75) is 11.8 Å². The predicted octanol–water partition coefficient (Wildman–Crippen LogP) is 1.45. The van der Waals surface area contributed by atoms with Gasteiger partial charge in [0.1, 0.15) is 0 Å². The average molecular weight is 332 g/mol. The number of rotatable bonds is 4. The van der Waals surface area contributed by atoms with E-state index < -0.39 is 16.0 Å². The summed E-state index contributed by atoms with van der Waals surface area (Å²) in [4.78, 5) is 10.8. The first-order valence-electron chi connectivity index (χ1n) is 4.80. The van der Waals surface area contributed by atoms with E-state index in [1.54, 1.807) is 6.92 Å². The SMILES string of the molecule is CC#CCNS(=O)(=O)c1ccc(Br)c(C(=O)O)c1. The molecular weight excluding hydrogens is 322 g/mol. The van der Waals surface area contributed by atoms with Crippen molar-refractivity contribution in [2.24, 2.45) is 0 Å². The Hall–Kier alpha value is -1.36. The van der Waals surface area contributed by atoms with Crippen molar-refractivity contribution >= 4 is 31.9 Å². The van der Waals surface area contributed by atoms with Crippen LogP contribution in [0, 0.1) is 11.8 Å². The summed E-state index contributed by atoms with van der Waals surface area (Å²) in [5.74, 6) is 3.91. The lowest BCUT2D eigenvalue weighted by Crippen LogP contribution is -2.24. The molecule has 0 aliphatic rings. The third-order valence-electron chi connectivity index (χ3n) is 2.01. The molecule has 0 amide bonds. The third-order valence-corrected chi connectivity index (χ3v) is 4.10. The largest absolute Gasteiger partial charge is 0.478 e. The van der Waals surface area contributed by atoms with E-state index in [0.29, 0.717) is 4.47 Å². The van der Waals surface area contributed by atoms with Crippen LogP contribution in [0.15, 0.2) is 27.6 Å². The Balaban J connectivity index is 3.12. The van der Waals surface area contributed by atoms with Gasteiger partial charge in [-0.15, -0.1) is 5.92 Å². The van der Waals surface area contributed by atoms with Crippen LogP contribution in [0.2, 0.25) is 0 Å². The van der Waals surface area contributed by atoms with Crippen molar-refractivity contribution in [3.63, 3.8) is 0 Å². The van der Waals surface area contributed by atoms with Crippen molar-refractivity contribution in [2.75, 3.05) is 6.54 Å². The highest BCUT2D eigenvalue weighted by Crippen LogP contribution is 2.20. The zero-order chi connectivity index (χ0) is 13.8. The second kappa shape index (κ2) is 6.00. The minimum atomic E-state index is -3.74. The summed E-state index contributed by atoms with van der Waals surface area (Å²) in [5.41, 5.74) is -0.112. The number of hydrogen-bond donors (Lipinski definition) is 2. The Labute approximate surface area is 113 Å². The number of benzene rings is 1. The molecule has 0 aromatic heterocycles. The summed E-state index contributed by atoms with van der Waals surface area (Å²) >= 11 is 3.04. The van der Waals surface area contributed by atoms with Gasteiger partial charge in [-0.2, -0.15) is 4.72 Å². The predicted molar refractivity (Wildman–Crippen MR) is 69.7 cm³/mol. The fourth-order valence-corrected chi connectivity index (χ4v) is 2.50. The fraction of sp³-hybridized carbons (Fsp3) is 0.182. The van der Waals surface area contributed by atoms with E-state index in [1.807, 2.05) is 0 Å². The number of carboxylic acids is 1. The number of halogens is 1. The second-order valence-electron chi connectivity index (χ2n) is 3.20. The van der Waals surface area contributed by atoms with Crippen LogP contribution in [0.25, 0.3) is 0 Å². The molecule has 96 valence electrons. The molecule has 0 aliphatic heterocycles. The van der Waals surface area contributed by atoms with Crippen LogP contribution in [0.3, 0.4) is 0 Å². The third kappa shape index (κ3) is 3.57. The molecule has 0 bridgehead atoms. The van der Waals surface area contributed by atoms with Gasteiger partial charge in [-0.25, -0.2) is 13.2 Å². The van der Waals surface area contributed by atoms with E-state index in [1.165, 1.54) is 12.1 Å².